The highest BCUT2D eigenvalue weighted by Crippen LogP contribution is 2.34. The monoisotopic (exact) mass is 453 g/mol. The van der Waals surface area contributed by atoms with Crippen molar-refractivity contribution in [1.29, 1.82) is 0 Å². The van der Waals surface area contributed by atoms with Crippen molar-refractivity contribution in [2.24, 2.45) is 0 Å². The SMILES string of the molecule is CCS(=O)(=O)Nc1nccnc1CNc1nc(Nc2ccccc2)ncc1C(F)(F)F. The van der Waals surface area contributed by atoms with Crippen LogP contribution < -0.4 is 15.4 Å². The number of hydrogen-bond acceptors (Lipinski definition) is 8. The molecule has 13 heteroatoms. The van der Waals surface area contributed by atoms with Crippen molar-refractivity contribution in [2.75, 3.05) is 21.1 Å². The number of alkyl halides is 3. The van der Waals surface area contributed by atoms with Crippen LogP contribution in [0.15, 0.2) is 48.9 Å². The van der Waals surface area contributed by atoms with Gasteiger partial charge in [-0.05, 0) is 19.1 Å². The largest absolute Gasteiger partial charge is 0.421 e. The average Bonchev–Trinajstić information content (AvgIpc) is 2.73. The topological polar surface area (TPSA) is 122 Å². The van der Waals surface area contributed by atoms with Crippen molar-refractivity contribution in [3.63, 3.8) is 0 Å². The molecule has 0 radical (unpaired) electrons. The van der Waals surface area contributed by atoms with E-state index in [-0.39, 0.29) is 29.8 Å². The Hall–Kier alpha value is -3.48. The Bertz CT molecular complexity index is 1140. The summed E-state index contributed by atoms with van der Waals surface area (Å²) in [5.41, 5.74) is -0.382. The van der Waals surface area contributed by atoms with Crippen LogP contribution in [0.4, 0.5) is 36.4 Å². The van der Waals surface area contributed by atoms with Gasteiger partial charge in [0.05, 0.1) is 12.3 Å². The molecule has 3 N–H and O–H groups in total. The number of benzene rings is 1. The summed E-state index contributed by atoms with van der Waals surface area (Å²) in [6.45, 7) is 1.18. The lowest BCUT2D eigenvalue weighted by atomic mass is 10.3. The van der Waals surface area contributed by atoms with Crippen LogP contribution in [-0.4, -0.2) is 34.1 Å². The molecule has 0 saturated heterocycles. The molecule has 3 rings (SSSR count). The molecule has 2 heterocycles. The van der Waals surface area contributed by atoms with E-state index in [1.54, 1.807) is 30.3 Å². The van der Waals surface area contributed by atoms with Crippen LogP contribution in [0.1, 0.15) is 18.2 Å². The van der Waals surface area contributed by atoms with E-state index in [2.05, 4.69) is 35.3 Å². The van der Waals surface area contributed by atoms with Gasteiger partial charge in [-0.25, -0.2) is 18.4 Å². The van der Waals surface area contributed by atoms with Crippen molar-refractivity contribution in [3.8, 4) is 0 Å². The molecule has 2 aromatic heterocycles. The normalized spacial score (nSPS) is 11.7. The Balaban J connectivity index is 1.87. The zero-order chi connectivity index (χ0) is 22.5. The maximum atomic E-state index is 13.4. The fourth-order valence-electron chi connectivity index (χ4n) is 2.40. The van der Waals surface area contributed by atoms with Crippen molar-refractivity contribution < 1.29 is 21.6 Å². The third kappa shape index (κ3) is 6.01. The Morgan fingerprint density at radius 2 is 1.71 bits per heavy atom. The summed E-state index contributed by atoms with van der Waals surface area (Å²) < 4.78 is 66.2. The first-order valence-electron chi connectivity index (χ1n) is 8.98. The Morgan fingerprint density at radius 3 is 2.39 bits per heavy atom. The van der Waals surface area contributed by atoms with Gasteiger partial charge < -0.3 is 10.6 Å². The quantitative estimate of drug-likeness (QED) is 0.474. The predicted octanol–water partition coefficient (Wildman–Crippen LogP) is 3.40. The number of para-hydroxylation sites is 1. The van der Waals surface area contributed by atoms with E-state index in [9.17, 15) is 21.6 Å². The van der Waals surface area contributed by atoms with Crippen molar-refractivity contribution >= 4 is 33.3 Å². The number of sulfonamides is 1. The molecule has 0 bridgehead atoms. The van der Waals surface area contributed by atoms with Crippen LogP contribution in [0, 0.1) is 0 Å². The number of anilines is 4. The lowest BCUT2D eigenvalue weighted by Gasteiger charge is -2.15. The molecule has 0 aliphatic heterocycles. The smallest absolute Gasteiger partial charge is 0.364 e. The molecule has 0 unspecified atom stereocenters. The van der Waals surface area contributed by atoms with Gasteiger partial charge in [-0.15, -0.1) is 0 Å². The molecule has 0 amide bonds. The summed E-state index contributed by atoms with van der Waals surface area (Å²) >= 11 is 0. The minimum absolute atomic E-state index is 0.0484. The first-order chi connectivity index (χ1) is 14.7. The van der Waals surface area contributed by atoms with Gasteiger partial charge in [-0.2, -0.15) is 18.2 Å². The van der Waals surface area contributed by atoms with Gasteiger partial charge in [0, 0.05) is 24.3 Å². The first-order valence-corrected chi connectivity index (χ1v) is 10.6. The van der Waals surface area contributed by atoms with Crippen molar-refractivity contribution in [2.45, 2.75) is 19.6 Å². The summed E-state index contributed by atoms with van der Waals surface area (Å²) in [5.74, 6) is -0.819. The number of nitrogens with zero attached hydrogens (tertiary/aromatic N) is 4. The van der Waals surface area contributed by atoms with Gasteiger partial charge in [0.1, 0.15) is 17.1 Å². The van der Waals surface area contributed by atoms with E-state index in [1.807, 2.05) is 0 Å². The highest BCUT2D eigenvalue weighted by Gasteiger charge is 2.35. The van der Waals surface area contributed by atoms with Gasteiger partial charge in [0.2, 0.25) is 16.0 Å². The van der Waals surface area contributed by atoms with Crippen molar-refractivity contribution in [1.82, 2.24) is 19.9 Å². The van der Waals surface area contributed by atoms with E-state index in [0.717, 1.165) is 0 Å². The Morgan fingerprint density at radius 1 is 1.00 bits per heavy atom. The van der Waals surface area contributed by atoms with Crippen LogP contribution in [0.5, 0.6) is 0 Å². The standard InChI is InChI=1S/C18H18F3N7O2S/c1-2-31(29,30)28-16-14(22-8-9-23-16)11-24-15-13(18(19,20)21)10-25-17(27-15)26-12-6-4-3-5-7-12/h3-10H,2,11H2,1H3,(H,23,28)(H2,24,25,26,27). The fraction of sp³-hybridized carbons (Fsp3) is 0.222. The van der Waals surface area contributed by atoms with Crippen LogP contribution >= 0.6 is 0 Å². The van der Waals surface area contributed by atoms with E-state index < -0.39 is 27.6 Å². The van der Waals surface area contributed by atoms with E-state index in [1.165, 1.54) is 19.3 Å². The molecule has 164 valence electrons. The first kappa shape index (κ1) is 22.2. The second-order valence-electron chi connectivity index (χ2n) is 6.16. The zero-order valence-electron chi connectivity index (χ0n) is 16.2. The number of nitrogens with one attached hydrogen (secondary N) is 3. The molecular weight excluding hydrogens is 435 g/mol. The molecule has 0 aliphatic carbocycles. The zero-order valence-corrected chi connectivity index (χ0v) is 17.0. The summed E-state index contributed by atoms with van der Waals surface area (Å²) in [5, 5.41) is 5.38. The molecular formula is C18H18F3N7O2S. The van der Waals surface area contributed by atoms with E-state index in [0.29, 0.717) is 11.9 Å². The summed E-state index contributed by atoms with van der Waals surface area (Å²) in [4.78, 5) is 15.6. The lowest BCUT2D eigenvalue weighted by molar-refractivity contribution is -0.137. The van der Waals surface area contributed by atoms with Gasteiger partial charge in [-0.3, -0.25) is 9.71 Å². The number of hydrogen-bond donors (Lipinski definition) is 3. The molecule has 3 aromatic rings. The molecule has 0 spiro atoms. The van der Waals surface area contributed by atoms with Gasteiger partial charge >= 0.3 is 6.18 Å². The number of halogens is 3. The highest BCUT2D eigenvalue weighted by atomic mass is 32.2. The summed E-state index contributed by atoms with van der Waals surface area (Å²) in [6, 6.07) is 8.70. The lowest BCUT2D eigenvalue weighted by Crippen LogP contribution is -2.19. The highest BCUT2D eigenvalue weighted by molar-refractivity contribution is 7.92. The van der Waals surface area contributed by atoms with Gasteiger partial charge in [0.15, 0.2) is 5.82 Å². The van der Waals surface area contributed by atoms with Crippen LogP contribution in [0.25, 0.3) is 0 Å². The predicted molar refractivity (Wildman–Crippen MR) is 109 cm³/mol. The Kier molecular flexibility index (Phi) is 6.53. The third-order valence-corrected chi connectivity index (χ3v) is 5.22. The van der Waals surface area contributed by atoms with Crippen LogP contribution in [0.3, 0.4) is 0 Å². The van der Waals surface area contributed by atoms with E-state index in [4.69, 9.17) is 0 Å². The molecule has 0 aliphatic rings. The average molecular weight is 453 g/mol. The van der Waals surface area contributed by atoms with Crippen molar-refractivity contribution in [3.05, 3.63) is 60.2 Å². The second kappa shape index (κ2) is 9.12. The molecule has 9 nitrogen and oxygen atoms in total. The number of rotatable bonds is 8. The Labute approximate surface area is 176 Å². The molecule has 0 saturated carbocycles. The minimum atomic E-state index is -4.71. The second-order valence-corrected chi connectivity index (χ2v) is 8.17. The fourth-order valence-corrected chi connectivity index (χ4v) is 3.01. The van der Waals surface area contributed by atoms with Crippen LogP contribution in [-0.2, 0) is 22.7 Å². The maximum Gasteiger partial charge on any atom is 0.421 e. The molecule has 31 heavy (non-hydrogen) atoms. The number of aromatic nitrogens is 4. The maximum absolute atomic E-state index is 13.4. The minimum Gasteiger partial charge on any atom is -0.364 e. The van der Waals surface area contributed by atoms with Gasteiger partial charge in [-0.1, -0.05) is 18.2 Å². The van der Waals surface area contributed by atoms with Crippen LogP contribution in [0.2, 0.25) is 0 Å². The third-order valence-electron chi connectivity index (χ3n) is 3.95. The summed E-state index contributed by atoms with van der Waals surface area (Å²) in [7, 11) is -3.65. The molecule has 1 aromatic carbocycles. The van der Waals surface area contributed by atoms with E-state index >= 15 is 0 Å². The summed E-state index contributed by atoms with van der Waals surface area (Å²) in [6.07, 6.45) is -1.47. The molecule has 0 atom stereocenters. The van der Waals surface area contributed by atoms with Gasteiger partial charge in [0.25, 0.3) is 0 Å². The molecule has 0 fully saturated rings.